The number of aromatic nitrogens is 2. The first kappa shape index (κ1) is 14.6. The fraction of sp³-hybridized carbons (Fsp3) is 0.375. The Bertz CT molecular complexity index is 707. The summed E-state index contributed by atoms with van der Waals surface area (Å²) in [6, 6.07) is 6.79. The van der Waals surface area contributed by atoms with Crippen molar-refractivity contribution < 1.29 is 4.39 Å². The van der Waals surface area contributed by atoms with Crippen molar-refractivity contribution in [3.05, 3.63) is 52.8 Å². The molecule has 1 fully saturated rings. The van der Waals surface area contributed by atoms with Crippen LogP contribution in [0.4, 0.5) is 15.9 Å². The van der Waals surface area contributed by atoms with Gasteiger partial charge in [-0.3, -0.25) is 4.79 Å². The molecule has 1 saturated heterocycles. The van der Waals surface area contributed by atoms with E-state index in [0.717, 1.165) is 0 Å². The fourth-order valence-electron chi connectivity index (χ4n) is 2.77. The normalized spacial score (nSPS) is 15.2. The fourth-order valence-corrected chi connectivity index (χ4v) is 2.77. The van der Waals surface area contributed by atoms with E-state index in [0.29, 0.717) is 44.2 Å². The summed E-state index contributed by atoms with van der Waals surface area (Å²) in [5.74, 6) is 0.277. The molecule has 1 aliphatic rings. The molecule has 0 radical (unpaired) electrons. The van der Waals surface area contributed by atoms with Crippen molar-refractivity contribution in [3.63, 3.8) is 0 Å². The molecular formula is C16H19FN4O. The zero-order valence-corrected chi connectivity index (χ0v) is 12.6. The largest absolute Gasteiger partial charge is 0.366 e. The molecule has 0 aliphatic carbocycles. The van der Waals surface area contributed by atoms with Gasteiger partial charge in [0, 0.05) is 45.1 Å². The summed E-state index contributed by atoms with van der Waals surface area (Å²) in [5.41, 5.74) is 0.554. The van der Waals surface area contributed by atoms with Crippen molar-refractivity contribution in [1.29, 1.82) is 0 Å². The van der Waals surface area contributed by atoms with E-state index in [9.17, 15) is 9.18 Å². The van der Waals surface area contributed by atoms with E-state index in [-0.39, 0.29) is 11.4 Å². The van der Waals surface area contributed by atoms with Crippen molar-refractivity contribution in [2.75, 3.05) is 36.0 Å². The second kappa shape index (κ2) is 6.17. The van der Waals surface area contributed by atoms with Gasteiger partial charge in [0.25, 0.3) is 5.56 Å². The van der Waals surface area contributed by atoms with E-state index in [1.807, 2.05) is 22.8 Å². The molecule has 0 N–H and O–H groups in total. The van der Waals surface area contributed by atoms with E-state index in [1.54, 1.807) is 29.1 Å². The minimum absolute atomic E-state index is 0.0654. The van der Waals surface area contributed by atoms with Gasteiger partial charge in [0.1, 0.15) is 5.82 Å². The Labute approximate surface area is 128 Å². The summed E-state index contributed by atoms with van der Waals surface area (Å²) in [6.45, 7) is 5.21. The van der Waals surface area contributed by atoms with Crippen molar-refractivity contribution >= 4 is 11.5 Å². The number of hydrogen-bond donors (Lipinski definition) is 0. The SMILES string of the molecule is CCn1ccnc(N2CCN(c3ccccc3F)CC2)c1=O. The van der Waals surface area contributed by atoms with Gasteiger partial charge < -0.3 is 14.4 Å². The van der Waals surface area contributed by atoms with Crippen LogP contribution in [0.3, 0.4) is 0 Å². The lowest BCUT2D eigenvalue weighted by Crippen LogP contribution is -2.49. The maximum absolute atomic E-state index is 13.8. The number of piperazine rings is 1. The smallest absolute Gasteiger partial charge is 0.293 e. The summed E-state index contributed by atoms with van der Waals surface area (Å²) in [6.07, 6.45) is 3.35. The monoisotopic (exact) mass is 302 g/mol. The Kier molecular flexibility index (Phi) is 4.09. The van der Waals surface area contributed by atoms with Crippen molar-refractivity contribution in [2.24, 2.45) is 0 Å². The summed E-state index contributed by atoms with van der Waals surface area (Å²) >= 11 is 0. The van der Waals surface area contributed by atoms with Crippen LogP contribution in [0.15, 0.2) is 41.5 Å². The van der Waals surface area contributed by atoms with Crippen LogP contribution in [0.2, 0.25) is 0 Å². The first-order chi connectivity index (χ1) is 10.7. The molecule has 0 spiro atoms. The van der Waals surface area contributed by atoms with Crippen molar-refractivity contribution in [3.8, 4) is 0 Å². The number of rotatable bonds is 3. The molecule has 3 rings (SSSR count). The van der Waals surface area contributed by atoms with E-state index >= 15 is 0 Å². The van der Waals surface area contributed by atoms with Gasteiger partial charge in [-0.15, -0.1) is 0 Å². The summed E-state index contributed by atoms with van der Waals surface area (Å²) in [4.78, 5) is 20.5. The molecule has 6 heteroatoms. The predicted octanol–water partition coefficient (Wildman–Crippen LogP) is 1.73. The average Bonchev–Trinajstić information content (AvgIpc) is 2.56. The van der Waals surface area contributed by atoms with Crippen LogP contribution in [0, 0.1) is 5.82 Å². The highest BCUT2D eigenvalue weighted by Gasteiger charge is 2.22. The Hall–Kier alpha value is -2.37. The zero-order valence-electron chi connectivity index (χ0n) is 12.6. The Balaban J connectivity index is 1.75. The van der Waals surface area contributed by atoms with Gasteiger partial charge in [-0.25, -0.2) is 9.37 Å². The lowest BCUT2D eigenvalue weighted by molar-refractivity contribution is 0.592. The summed E-state index contributed by atoms with van der Waals surface area (Å²) in [7, 11) is 0. The third-order valence-corrected chi connectivity index (χ3v) is 4.01. The van der Waals surface area contributed by atoms with E-state index < -0.39 is 0 Å². The number of anilines is 2. The molecule has 0 atom stereocenters. The Morgan fingerprint density at radius 3 is 2.50 bits per heavy atom. The molecule has 0 saturated carbocycles. The molecule has 2 aromatic rings. The predicted molar refractivity (Wildman–Crippen MR) is 85.0 cm³/mol. The van der Waals surface area contributed by atoms with Crippen LogP contribution < -0.4 is 15.4 Å². The third kappa shape index (κ3) is 2.68. The molecule has 0 bridgehead atoms. The van der Waals surface area contributed by atoms with Crippen LogP contribution in [0.1, 0.15) is 6.92 Å². The number of aryl methyl sites for hydroxylation is 1. The number of benzene rings is 1. The van der Waals surface area contributed by atoms with Gasteiger partial charge in [-0.05, 0) is 19.1 Å². The minimum atomic E-state index is -0.206. The van der Waals surface area contributed by atoms with Crippen LogP contribution >= 0.6 is 0 Å². The second-order valence-corrected chi connectivity index (χ2v) is 5.27. The highest BCUT2D eigenvalue weighted by atomic mass is 19.1. The Morgan fingerprint density at radius 1 is 1.14 bits per heavy atom. The van der Waals surface area contributed by atoms with Gasteiger partial charge in [-0.2, -0.15) is 0 Å². The van der Waals surface area contributed by atoms with Gasteiger partial charge in [0.15, 0.2) is 5.82 Å². The van der Waals surface area contributed by atoms with Gasteiger partial charge in [0.2, 0.25) is 0 Å². The number of halogens is 1. The Morgan fingerprint density at radius 2 is 1.82 bits per heavy atom. The zero-order chi connectivity index (χ0) is 15.5. The molecular weight excluding hydrogens is 283 g/mol. The quantitative estimate of drug-likeness (QED) is 0.866. The highest BCUT2D eigenvalue weighted by molar-refractivity contribution is 5.50. The molecule has 0 amide bonds. The maximum atomic E-state index is 13.8. The average molecular weight is 302 g/mol. The third-order valence-electron chi connectivity index (χ3n) is 4.01. The lowest BCUT2D eigenvalue weighted by atomic mass is 10.2. The summed E-state index contributed by atoms with van der Waals surface area (Å²) in [5, 5.41) is 0. The maximum Gasteiger partial charge on any atom is 0.293 e. The molecule has 22 heavy (non-hydrogen) atoms. The molecule has 1 aromatic carbocycles. The number of para-hydroxylation sites is 1. The lowest BCUT2D eigenvalue weighted by Gasteiger charge is -2.36. The second-order valence-electron chi connectivity index (χ2n) is 5.27. The van der Waals surface area contributed by atoms with E-state index in [2.05, 4.69) is 4.98 Å². The molecule has 116 valence electrons. The highest BCUT2D eigenvalue weighted by Crippen LogP contribution is 2.20. The van der Waals surface area contributed by atoms with Crippen molar-refractivity contribution in [1.82, 2.24) is 9.55 Å². The van der Waals surface area contributed by atoms with Crippen LogP contribution in [0.25, 0.3) is 0 Å². The first-order valence-corrected chi connectivity index (χ1v) is 7.50. The molecule has 0 unspecified atom stereocenters. The first-order valence-electron chi connectivity index (χ1n) is 7.50. The number of hydrogen-bond acceptors (Lipinski definition) is 4. The summed E-state index contributed by atoms with van der Waals surface area (Å²) < 4.78 is 15.5. The van der Waals surface area contributed by atoms with Gasteiger partial charge in [-0.1, -0.05) is 12.1 Å². The molecule has 1 aromatic heterocycles. The van der Waals surface area contributed by atoms with Gasteiger partial charge in [0.05, 0.1) is 5.69 Å². The van der Waals surface area contributed by atoms with E-state index in [4.69, 9.17) is 0 Å². The number of nitrogens with zero attached hydrogens (tertiary/aromatic N) is 4. The minimum Gasteiger partial charge on any atom is -0.366 e. The van der Waals surface area contributed by atoms with Crippen LogP contribution in [-0.4, -0.2) is 35.7 Å². The van der Waals surface area contributed by atoms with Crippen LogP contribution in [-0.2, 0) is 6.54 Å². The van der Waals surface area contributed by atoms with Crippen LogP contribution in [0.5, 0.6) is 0 Å². The topological polar surface area (TPSA) is 41.4 Å². The van der Waals surface area contributed by atoms with Gasteiger partial charge >= 0.3 is 0 Å². The standard InChI is InChI=1S/C16H19FN4O/c1-2-19-8-7-18-15(16(19)22)21-11-9-20(10-12-21)14-6-4-3-5-13(14)17/h3-8H,2,9-12H2,1H3. The molecule has 5 nitrogen and oxygen atoms in total. The van der Waals surface area contributed by atoms with Crippen molar-refractivity contribution in [2.45, 2.75) is 13.5 Å². The van der Waals surface area contributed by atoms with E-state index in [1.165, 1.54) is 6.07 Å². The molecule has 2 heterocycles. The molecule has 1 aliphatic heterocycles.